The molecule has 0 N–H and O–H groups in total. The quantitative estimate of drug-likeness (QED) is 0.124. The fourth-order valence-electron chi connectivity index (χ4n) is 5.39. The number of aromatic nitrogens is 2. The first-order valence-corrected chi connectivity index (χ1v) is 20.9. The molecule has 1 aliphatic carbocycles. The third kappa shape index (κ3) is 14.3. The second kappa shape index (κ2) is 22.9. The Bertz CT molecular complexity index is 1860. The molecule has 1 radical (unpaired) electrons. The Morgan fingerprint density at radius 1 is 0.418 bits per heavy atom. The first kappa shape index (κ1) is 45.0. The Kier molecular flexibility index (Phi) is 18.7. The van der Waals surface area contributed by atoms with Gasteiger partial charge in [-0.2, -0.15) is 5.26 Å². The van der Waals surface area contributed by atoms with Crippen molar-refractivity contribution < 1.29 is 19.5 Å². The molecule has 0 spiro atoms. The van der Waals surface area contributed by atoms with Crippen molar-refractivity contribution in [2.75, 3.05) is 0 Å². The summed E-state index contributed by atoms with van der Waals surface area (Å²) >= 11 is 0. The summed E-state index contributed by atoms with van der Waals surface area (Å²) in [6.07, 6.45) is 10.0. The molecule has 0 atom stereocenters. The molecule has 0 bridgehead atoms. The third-order valence-electron chi connectivity index (χ3n) is 8.08. The van der Waals surface area contributed by atoms with Gasteiger partial charge in [0, 0.05) is 70.9 Å². The van der Waals surface area contributed by atoms with E-state index < -0.39 is 15.8 Å². The van der Waals surface area contributed by atoms with E-state index in [4.69, 9.17) is 15.2 Å². The van der Waals surface area contributed by atoms with Crippen LogP contribution in [0.4, 0.5) is 0 Å². The van der Waals surface area contributed by atoms with Crippen LogP contribution in [0, 0.1) is 17.8 Å². The number of hydrogen-bond acceptors (Lipinski definition) is 3. The van der Waals surface area contributed by atoms with E-state index in [-0.39, 0.29) is 30.3 Å². The number of nitriles is 1. The summed E-state index contributed by atoms with van der Waals surface area (Å²) in [6.45, 7) is 14.7. The van der Waals surface area contributed by atoms with Crippen molar-refractivity contribution in [1.29, 1.82) is 5.26 Å². The third-order valence-corrected chi connectivity index (χ3v) is 12.7. The van der Waals surface area contributed by atoms with Gasteiger partial charge in [0.25, 0.3) is 0 Å². The van der Waals surface area contributed by atoms with Crippen LogP contribution in [0.5, 0.6) is 0 Å². The minimum atomic E-state index is -0.620. The summed E-state index contributed by atoms with van der Waals surface area (Å²) in [5.74, 6) is 0. The molecule has 0 fully saturated rings. The minimum Gasteiger partial charge on any atom is -0.252 e. The number of nitrogens with zero attached hydrogens (tertiary/aromatic N) is 3. The molecule has 7 rings (SSSR count). The molecule has 2 aromatic heterocycles. The van der Waals surface area contributed by atoms with E-state index in [1.54, 1.807) is 6.07 Å². The molecule has 0 amide bonds. The van der Waals surface area contributed by atoms with Crippen LogP contribution in [0.25, 0.3) is 0 Å². The molecule has 0 saturated heterocycles. The van der Waals surface area contributed by atoms with Crippen molar-refractivity contribution in [2.45, 2.75) is 59.3 Å². The topological polar surface area (TPSA) is 49.6 Å². The molecule has 4 aromatic carbocycles. The Hall–Kier alpha value is -4.37. The summed E-state index contributed by atoms with van der Waals surface area (Å²) in [4.78, 5) is 10.1. The van der Waals surface area contributed by atoms with Gasteiger partial charge < -0.3 is 0 Å². The predicted octanol–water partition coefficient (Wildman–Crippen LogP) is 10.1. The van der Waals surface area contributed by atoms with E-state index >= 15 is 0 Å². The van der Waals surface area contributed by atoms with Crippen molar-refractivity contribution in [3.05, 3.63) is 200 Å². The van der Waals surface area contributed by atoms with Crippen LogP contribution in [0.3, 0.4) is 0 Å². The van der Waals surface area contributed by atoms with Crippen molar-refractivity contribution in [2.24, 2.45) is 0 Å². The van der Waals surface area contributed by atoms with Crippen LogP contribution in [-0.4, -0.2) is 9.97 Å². The summed E-state index contributed by atoms with van der Waals surface area (Å²) in [7, 11) is -1.24. The zero-order chi connectivity index (χ0) is 38.8. The van der Waals surface area contributed by atoms with E-state index in [1.807, 2.05) is 30.7 Å². The van der Waals surface area contributed by atoms with E-state index in [2.05, 4.69) is 199 Å². The Balaban J connectivity index is 0.000000242. The van der Waals surface area contributed by atoms with Crippen LogP contribution < -0.4 is 32.1 Å². The normalized spacial score (nSPS) is 11.5. The van der Waals surface area contributed by atoms with E-state index in [9.17, 15) is 0 Å². The summed E-state index contributed by atoms with van der Waals surface area (Å²) < 4.78 is 0. The molecule has 0 aliphatic heterocycles. The van der Waals surface area contributed by atoms with Gasteiger partial charge in [-0.3, -0.25) is 9.97 Å². The van der Waals surface area contributed by atoms with Crippen molar-refractivity contribution in [1.82, 2.24) is 9.97 Å². The van der Waals surface area contributed by atoms with Crippen molar-refractivity contribution in [3.63, 3.8) is 0 Å². The monoisotopic (exact) mass is 846 g/mol. The van der Waals surface area contributed by atoms with Crippen LogP contribution >= 0.6 is 15.8 Å². The van der Waals surface area contributed by atoms with Gasteiger partial charge >= 0.3 is 0 Å². The fourth-order valence-corrected chi connectivity index (χ4v) is 9.81. The molecule has 2 heterocycles. The smallest absolute Gasteiger partial charge is 0.0724 e. The van der Waals surface area contributed by atoms with Gasteiger partial charge in [0.15, 0.2) is 0 Å². The summed E-state index contributed by atoms with van der Waals surface area (Å²) in [6, 6.07) is 57.5. The second-order valence-electron chi connectivity index (χ2n) is 14.5. The Morgan fingerprint density at radius 3 is 0.909 bits per heavy atom. The maximum atomic E-state index is 7.32. The zero-order valence-electron chi connectivity index (χ0n) is 33.0. The molecule has 281 valence electrons. The van der Waals surface area contributed by atoms with Gasteiger partial charge in [-0.1, -0.05) is 199 Å². The number of benzene rings is 4. The van der Waals surface area contributed by atoms with Crippen molar-refractivity contribution in [3.8, 4) is 6.07 Å². The number of hydrogen-bond donors (Lipinski definition) is 0. The van der Waals surface area contributed by atoms with E-state index in [1.165, 1.54) is 39.0 Å². The fraction of sp³-hybridized carbons (Fsp3) is 0.184. The molecule has 1 aliphatic rings. The molecule has 6 heteroatoms. The number of rotatable bonds is 6. The Labute approximate surface area is 346 Å². The largest absolute Gasteiger partial charge is 0.252 e. The van der Waals surface area contributed by atoms with Gasteiger partial charge in [-0.05, 0) is 45.5 Å². The number of pyridine rings is 2. The van der Waals surface area contributed by atoms with E-state index in [0.29, 0.717) is 0 Å². The van der Waals surface area contributed by atoms with Gasteiger partial charge in [-0.15, -0.1) is 0 Å². The SMILES string of the molecule is CC#N.CC(C)(C)c1cccc(P(c2ccccc2)c2ccccc2)n1.CC(C)(C)c1cccc(P(c2ccccc2)c2ccccc2)n1.[CH]1C=CC=C1.[Ru]. The molecule has 55 heavy (non-hydrogen) atoms. The van der Waals surface area contributed by atoms with Gasteiger partial charge in [0.05, 0.1) is 16.9 Å². The van der Waals surface area contributed by atoms with Gasteiger partial charge in [-0.25, -0.2) is 0 Å². The second-order valence-corrected chi connectivity index (χ2v) is 18.8. The van der Waals surface area contributed by atoms with Crippen LogP contribution in [0.15, 0.2) is 182 Å². The molecular formula is C49H52N3P2Ru. The maximum Gasteiger partial charge on any atom is 0.0724 e. The van der Waals surface area contributed by atoms with Gasteiger partial charge in [0.1, 0.15) is 0 Å². The molecular weight excluding hydrogens is 794 g/mol. The molecule has 0 saturated carbocycles. The van der Waals surface area contributed by atoms with Gasteiger partial charge in [0.2, 0.25) is 0 Å². The first-order chi connectivity index (χ1) is 26.0. The predicted molar refractivity (Wildman–Crippen MR) is 237 cm³/mol. The average molecular weight is 846 g/mol. The van der Waals surface area contributed by atoms with Crippen LogP contribution in [0.2, 0.25) is 0 Å². The molecule has 0 unspecified atom stereocenters. The zero-order valence-corrected chi connectivity index (χ0v) is 36.5. The average Bonchev–Trinajstić information content (AvgIpc) is 3.78. The first-order valence-electron chi connectivity index (χ1n) is 18.3. The molecule has 3 nitrogen and oxygen atoms in total. The minimum absolute atomic E-state index is 0. The van der Waals surface area contributed by atoms with Crippen molar-refractivity contribution >= 4 is 47.9 Å². The van der Waals surface area contributed by atoms with E-state index in [0.717, 1.165) is 11.4 Å². The summed E-state index contributed by atoms with van der Waals surface area (Å²) in [5.41, 5.74) is 4.76. The summed E-state index contributed by atoms with van der Waals surface area (Å²) in [5, 5.41) is 12.7. The molecule has 6 aromatic rings. The maximum absolute atomic E-state index is 7.32. The Morgan fingerprint density at radius 2 is 0.691 bits per heavy atom. The van der Waals surface area contributed by atoms with Crippen LogP contribution in [-0.2, 0) is 30.3 Å². The van der Waals surface area contributed by atoms with Crippen LogP contribution in [0.1, 0.15) is 59.9 Å². The number of allylic oxidation sites excluding steroid dienone is 4. The standard InChI is InChI=1S/2C21H22NP.C5H5.C2H3N.Ru/c2*1-21(2,3)19-15-10-16-20(22-19)23(17-11-6-4-7-12-17)18-13-8-5-9-14-18;1-2-4-5-3-1;1-2-3;/h2*4-16H,1-3H3;1-5H;1H3;.